The van der Waals surface area contributed by atoms with E-state index in [1.54, 1.807) is 6.07 Å². The minimum atomic E-state index is -0.888. The molecule has 2 aromatic rings. The molecule has 8 nitrogen and oxygen atoms in total. The molecular weight excluding hydrogens is 422 g/mol. The van der Waals surface area contributed by atoms with Crippen LogP contribution in [0.15, 0.2) is 36.4 Å². The minimum absolute atomic E-state index is 0.123. The number of rotatable bonds is 6. The van der Waals surface area contributed by atoms with Crippen LogP contribution in [0.2, 0.25) is 0 Å². The summed E-state index contributed by atoms with van der Waals surface area (Å²) in [6.07, 6.45) is 0.782. The Balaban J connectivity index is 1.42. The first-order valence-electron chi connectivity index (χ1n) is 10.5. The molecule has 170 valence electrons. The average Bonchev–Trinajstić information content (AvgIpc) is 3.28. The van der Waals surface area contributed by atoms with Gasteiger partial charge in [0, 0.05) is 56.6 Å². The summed E-state index contributed by atoms with van der Waals surface area (Å²) in [5.74, 6) is -2.02. The van der Waals surface area contributed by atoms with E-state index in [9.17, 15) is 23.7 Å². The maximum atomic E-state index is 13.5. The number of nitro benzene ring substituents is 1. The molecule has 0 saturated carbocycles. The van der Waals surface area contributed by atoms with Gasteiger partial charge in [0.15, 0.2) is 11.6 Å². The van der Waals surface area contributed by atoms with Crippen LogP contribution in [-0.2, 0) is 4.74 Å². The van der Waals surface area contributed by atoms with Gasteiger partial charge >= 0.3 is 0 Å². The fourth-order valence-electron chi connectivity index (χ4n) is 4.15. The van der Waals surface area contributed by atoms with Crippen molar-refractivity contribution in [1.29, 1.82) is 0 Å². The normalized spacial score (nSPS) is 18.6. The lowest BCUT2D eigenvalue weighted by molar-refractivity contribution is -0.384. The summed E-state index contributed by atoms with van der Waals surface area (Å²) in [5.41, 5.74) is 1.37. The Hall–Kier alpha value is -3.27. The second kappa shape index (κ2) is 9.47. The summed E-state index contributed by atoms with van der Waals surface area (Å²) in [5, 5.41) is 14.1. The number of morpholine rings is 1. The Morgan fingerprint density at radius 3 is 2.59 bits per heavy atom. The van der Waals surface area contributed by atoms with Crippen molar-refractivity contribution in [3.05, 3.63) is 63.7 Å². The van der Waals surface area contributed by atoms with Crippen LogP contribution in [0.4, 0.5) is 25.8 Å². The standard InChI is InChI=1S/C22H24F2N4O4/c23-19-3-1-16(12-20(19)24)27-6-5-15(14-27)13-25-22(29)18-11-17(28(30)31)2-4-21(18)26-7-9-32-10-8-26/h1-4,11-12,15H,5-10,13-14H2,(H,25,29). The highest BCUT2D eigenvalue weighted by Crippen LogP contribution is 2.28. The maximum Gasteiger partial charge on any atom is 0.270 e. The molecule has 1 N–H and O–H groups in total. The molecule has 0 bridgehead atoms. The third-order valence-electron chi connectivity index (χ3n) is 5.89. The number of amides is 1. The Kier molecular flexibility index (Phi) is 6.50. The van der Waals surface area contributed by atoms with E-state index < -0.39 is 16.6 Å². The van der Waals surface area contributed by atoms with Crippen molar-refractivity contribution in [2.45, 2.75) is 6.42 Å². The Labute approximate surface area is 183 Å². The molecule has 0 aliphatic carbocycles. The van der Waals surface area contributed by atoms with E-state index in [4.69, 9.17) is 4.74 Å². The number of halogens is 2. The number of carbonyl (C=O) groups excluding carboxylic acids is 1. The number of nitro groups is 1. The number of non-ortho nitro benzene ring substituents is 1. The SMILES string of the molecule is O=C(NCC1CCN(c2ccc(F)c(F)c2)C1)c1cc([N+](=O)[O-])ccc1N1CCOCC1. The van der Waals surface area contributed by atoms with Crippen molar-refractivity contribution in [1.82, 2.24) is 5.32 Å². The predicted molar refractivity (Wildman–Crippen MR) is 115 cm³/mol. The maximum absolute atomic E-state index is 13.5. The molecule has 2 heterocycles. The largest absolute Gasteiger partial charge is 0.378 e. The Bertz CT molecular complexity index is 1010. The lowest BCUT2D eigenvalue weighted by Crippen LogP contribution is -2.38. The van der Waals surface area contributed by atoms with Crippen LogP contribution in [0.5, 0.6) is 0 Å². The molecule has 0 spiro atoms. The van der Waals surface area contributed by atoms with Gasteiger partial charge in [0.1, 0.15) is 0 Å². The van der Waals surface area contributed by atoms with Gasteiger partial charge in [-0.05, 0) is 30.5 Å². The van der Waals surface area contributed by atoms with Gasteiger partial charge in [-0.2, -0.15) is 0 Å². The fraction of sp³-hybridized carbons (Fsp3) is 0.409. The van der Waals surface area contributed by atoms with Crippen molar-refractivity contribution >= 4 is 23.0 Å². The summed E-state index contributed by atoms with van der Waals surface area (Å²) < 4.78 is 32.1. The van der Waals surface area contributed by atoms with Gasteiger partial charge in [0.25, 0.3) is 11.6 Å². The van der Waals surface area contributed by atoms with E-state index in [1.807, 2.05) is 9.80 Å². The van der Waals surface area contributed by atoms with E-state index in [-0.39, 0.29) is 23.1 Å². The number of ether oxygens (including phenoxy) is 1. The molecule has 0 radical (unpaired) electrons. The first-order chi connectivity index (χ1) is 15.4. The number of nitrogens with zero attached hydrogens (tertiary/aromatic N) is 3. The number of carbonyl (C=O) groups is 1. The van der Waals surface area contributed by atoms with Gasteiger partial charge in [-0.15, -0.1) is 0 Å². The zero-order valence-corrected chi connectivity index (χ0v) is 17.4. The molecule has 4 rings (SSSR count). The summed E-state index contributed by atoms with van der Waals surface area (Å²) in [6.45, 7) is 3.90. The van der Waals surface area contributed by atoms with Gasteiger partial charge in [0.2, 0.25) is 0 Å². The average molecular weight is 446 g/mol. The smallest absolute Gasteiger partial charge is 0.270 e. The summed E-state index contributed by atoms with van der Waals surface area (Å²) >= 11 is 0. The van der Waals surface area contributed by atoms with E-state index >= 15 is 0 Å². The van der Waals surface area contributed by atoms with Crippen LogP contribution in [0.25, 0.3) is 0 Å². The predicted octanol–water partition coefficient (Wildman–Crippen LogP) is 2.97. The van der Waals surface area contributed by atoms with Crippen molar-refractivity contribution in [3.8, 4) is 0 Å². The van der Waals surface area contributed by atoms with Crippen molar-refractivity contribution in [2.75, 3.05) is 55.7 Å². The second-order valence-corrected chi connectivity index (χ2v) is 7.97. The summed E-state index contributed by atoms with van der Waals surface area (Å²) in [6, 6.07) is 8.14. The van der Waals surface area contributed by atoms with Crippen LogP contribution in [0, 0.1) is 27.7 Å². The highest BCUT2D eigenvalue weighted by molar-refractivity contribution is 6.00. The number of hydrogen-bond acceptors (Lipinski definition) is 6. The van der Waals surface area contributed by atoms with Crippen LogP contribution in [-0.4, -0.2) is 56.8 Å². The number of benzene rings is 2. The highest BCUT2D eigenvalue weighted by Gasteiger charge is 2.26. The lowest BCUT2D eigenvalue weighted by Gasteiger charge is -2.30. The molecule has 32 heavy (non-hydrogen) atoms. The first-order valence-corrected chi connectivity index (χ1v) is 10.5. The van der Waals surface area contributed by atoms with Crippen LogP contribution < -0.4 is 15.1 Å². The van der Waals surface area contributed by atoms with E-state index in [1.165, 1.54) is 24.3 Å². The quantitative estimate of drug-likeness (QED) is 0.542. The van der Waals surface area contributed by atoms with E-state index in [0.717, 1.165) is 12.5 Å². The zero-order chi connectivity index (χ0) is 22.7. The molecule has 1 atom stereocenters. The number of hydrogen-bond donors (Lipinski definition) is 1. The van der Waals surface area contributed by atoms with Crippen LogP contribution in [0.1, 0.15) is 16.8 Å². The zero-order valence-electron chi connectivity index (χ0n) is 17.4. The van der Waals surface area contributed by atoms with Gasteiger partial charge in [0.05, 0.1) is 29.4 Å². The third kappa shape index (κ3) is 4.80. The molecule has 2 aliphatic rings. The third-order valence-corrected chi connectivity index (χ3v) is 5.89. The molecule has 2 aromatic carbocycles. The summed E-state index contributed by atoms with van der Waals surface area (Å²) in [7, 11) is 0. The molecule has 0 aromatic heterocycles. The lowest BCUT2D eigenvalue weighted by atomic mass is 10.1. The topological polar surface area (TPSA) is 88.0 Å². The van der Waals surface area contributed by atoms with Gasteiger partial charge in [-0.25, -0.2) is 8.78 Å². The van der Waals surface area contributed by atoms with Gasteiger partial charge in [-0.3, -0.25) is 14.9 Å². The second-order valence-electron chi connectivity index (χ2n) is 7.97. The minimum Gasteiger partial charge on any atom is -0.378 e. The van der Waals surface area contributed by atoms with Crippen LogP contribution >= 0.6 is 0 Å². The van der Waals surface area contributed by atoms with Crippen molar-refractivity contribution < 1.29 is 23.2 Å². The highest BCUT2D eigenvalue weighted by atomic mass is 19.2. The monoisotopic (exact) mass is 446 g/mol. The van der Waals surface area contributed by atoms with Crippen LogP contribution in [0.3, 0.4) is 0 Å². The molecule has 2 aliphatic heterocycles. The number of anilines is 2. The molecule has 1 unspecified atom stereocenters. The molecule has 2 saturated heterocycles. The summed E-state index contributed by atoms with van der Waals surface area (Å²) in [4.78, 5) is 27.6. The number of nitrogens with one attached hydrogen (secondary N) is 1. The Morgan fingerprint density at radius 2 is 1.88 bits per heavy atom. The molecule has 2 fully saturated rings. The van der Waals surface area contributed by atoms with Crippen molar-refractivity contribution in [2.24, 2.45) is 5.92 Å². The molecular formula is C22H24F2N4O4. The van der Waals surface area contributed by atoms with E-state index in [2.05, 4.69) is 5.32 Å². The van der Waals surface area contributed by atoms with Gasteiger partial charge in [-0.1, -0.05) is 0 Å². The van der Waals surface area contributed by atoms with Gasteiger partial charge < -0.3 is 19.9 Å². The van der Waals surface area contributed by atoms with E-state index in [0.29, 0.717) is 57.3 Å². The molecule has 1 amide bonds. The Morgan fingerprint density at radius 1 is 1.09 bits per heavy atom. The fourth-order valence-corrected chi connectivity index (χ4v) is 4.15. The first kappa shape index (κ1) is 21.9. The van der Waals surface area contributed by atoms with Crippen molar-refractivity contribution in [3.63, 3.8) is 0 Å². The molecule has 10 heteroatoms.